The topological polar surface area (TPSA) is 71.8 Å². The van der Waals surface area contributed by atoms with Gasteiger partial charge in [-0.25, -0.2) is 4.98 Å². The van der Waals surface area contributed by atoms with Gasteiger partial charge in [-0.1, -0.05) is 6.92 Å². The van der Waals surface area contributed by atoms with Crippen LogP contribution in [-0.4, -0.2) is 27.0 Å². The number of imidazole rings is 1. The van der Waals surface area contributed by atoms with Crippen molar-refractivity contribution >= 4 is 11.6 Å². The van der Waals surface area contributed by atoms with Crippen molar-refractivity contribution in [3.8, 4) is 0 Å². The van der Waals surface area contributed by atoms with Crippen LogP contribution in [0.25, 0.3) is 0 Å². The summed E-state index contributed by atoms with van der Waals surface area (Å²) < 4.78 is 1.87. The van der Waals surface area contributed by atoms with Crippen LogP contribution in [0.2, 0.25) is 0 Å². The number of nitrogens with one attached hydrogen (secondary N) is 2. The summed E-state index contributed by atoms with van der Waals surface area (Å²) in [7, 11) is 1.90. The minimum atomic E-state index is -0.153. The predicted octanol–water partition coefficient (Wildman–Crippen LogP) is 1.57. The van der Waals surface area contributed by atoms with Crippen LogP contribution in [0.1, 0.15) is 29.5 Å². The van der Waals surface area contributed by atoms with E-state index in [0.29, 0.717) is 12.1 Å². The third-order valence-corrected chi connectivity index (χ3v) is 2.96. The van der Waals surface area contributed by atoms with Gasteiger partial charge in [0.05, 0.1) is 17.8 Å². The maximum absolute atomic E-state index is 12.2. The SMILES string of the molecule is CCCNc1ccncc1C(=O)NCc1nccn1C. The van der Waals surface area contributed by atoms with E-state index in [-0.39, 0.29) is 5.91 Å². The number of aromatic nitrogens is 3. The van der Waals surface area contributed by atoms with E-state index in [1.807, 2.05) is 23.9 Å². The molecule has 0 saturated heterocycles. The number of hydrogen-bond acceptors (Lipinski definition) is 4. The van der Waals surface area contributed by atoms with E-state index in [2.05, 4.69) is 27.5 Å². The predicted molar refractivity (Wildman–Crippen MR) is 77.4 cm³/mol. The molecule has 2 N–H and O–H groups in total. The monoisotopic (exact) mass is 273 g/mol. The molecule has 0 aromatic carbocycles. The largest absolute Gasteiger partial charge is 0.384 e. The summed E-state index contributed by atoms with van der Waals surface area (Å²) >= 11 is 0. The molecule has 2 aromatic rings. The summed E-state index contributed by atoms with van der Waals surface area (Å²) in [4.78, 5) is 20.4. The van der Waals surface area contributed by atoms with Crippen LogP contribution in [0.15, 0.2) is 30.9 Å². The summed E-state index contributed by atoms with van der Waals surface area (Å²) in [5, 5.41) is 6.08. The van der Waals surface area contributed by atoms with Crippen molar-refractivity contribution in [3.05, 3.63) is 42.2 Å². The summed E-state index contributed by atoms with van der Waals surface area (Å²) in [5.41, 5.74) is 1.36. The number of anilines is 1. The van der Waals surface area contributed by atoms with Crippen molar-refractivity contribution < 1.29 is 4.79 Å². The van der Waals surface area contributed by atoms with E-state index < -0.39 is 0 Å². The quantitative estimate of drug-likeness (QED) is 0.838. The van der Waals surface area contributed by atoms with E-state index in [1.54, 1.807) is 18.6 Å². The Morgan fingerprint density at radius 2 is 2.25 bits per heavy atom. The highest BCUT2D eigenvalue weighted by Crippen LogP contribution is 2.13. The van der Waals surface area contributed by atoms with Gasteiger partial charge in [-0.05, 0) is 12.5 Å². The lowest BCUT2D eigenvalue weighted by molar-refractivity contribution is 0.0950. The van der Waals surface area contributed by atoms with Crippen LogP contribution in [0.3, 0.4) is 0 Å². The van der Waals surface area contributed by atoms with E-state index in [0.717, 1.165) is 24.5 Å². The number of carbonyl (C=O) groups is 1. The zero-order valence-electron chi connectivity index (χ0n) is 11.8. The number of pyridine rings is 1. The van der Waals surface area contributed by atoms with Gasteiger partial charge in [-0.3, -0.25) is 9.78 Å². The average molecular weight is 273 g/mol. The smallest absolute Gasteiger partial charge is 0.255 e. The molecule has 0 aliphatic heterocycles. The molecular weight excluding hydrogens is 254 g/mol. The lowest BCUT2D eigenvalue weighted by atomic mass is 10.2. The number of nitrogens with zero attached hydrogens (tertiary/aromatic N) is 3. The van der Waals surface area contributed by atoms with Crippen LogP contribution in [0.5, 0.6) is 0 Å². The van der Waals surface area contributed by atoms with Crippen LogP contribution >= 0.6 is 0 Å². The number of hydrogen-bond donors (Lipinski definition) is 2. The molecule has 2 rings (SSSR count). The Labute approximate surface area is 118 Å². The van der Waals surface area contributed by atoms with Crippen LogP contribution in [-0.2, 0) is 13.6 Å². The maximum atomic E-state index is 12.2. The Morgan fingerprint density at radius 3 is 2.95 bits per heavy atom. The molecule has 0 bridgehead atoms. The normalized spacial score (nSPS) is 10.3. The van der Waals surface area contributed by atoms with Gasteiger partial charge in [0.2, 0.25) is 0 Å². The van der Waals surface area contributed by atoms with Gasteiger partial charge in [0, 0.05) is 38.4 Å². The molecule has 106 valence electrons. The molecule has 0 aliphatic rings. The Hall–Kier alpha value is -2.37. The fourth-order valence-corrected chi connectivity index (χ4v) is 1.81. The van der Waals surface area contributed by atoms with E-state index in [4.69, 9.17) is 0 Å². The van der Waals surface area contributed by atoms with Crippen molar-refractivity contribution in [3.63, 3.8) is 0 Å². The first kappa shape index (κ1) is 14.0. The van der Waals surface area contributed by atoms with Gasteiger partial charge in [-0.2, -0.15) is 0 Å². The number of aryl methyl sites for hydroxylation is 1. The van der Waals surface area contributed by atoms with Crippen molar-refractivity contribution in [2.24, 2.45) is 7.05 Å². The number of amides is 1. The third kappa shape index (κ3) is 3.34. The second-order valence-electron chi connectivity index (χ2n) is 4.49. The molecule has 0 radical (unpaired) electrons. The molecule has 6 heteroatoms. The number of rotatable bonds is 6. The molecule has 6 nitrogen and oxygen atoms in total. The lowest BCUT2D eigenvalue weighted by Gasteiger charge is -2.11. The second kappa shape index (κ2) is 6.70. The van der Waals surface area contributed by atoms with Gasteiger partial charge in [0.25, 0.3) is 5.91 Å². The van der Waals surface area contributed by atoms with E-state index >= 15 is 0 Å². The Kier molecular flexibility index (Phi) is 4.70. The highest BCUT2D eigenvalue weighted by molar-refractivity contribution is 5.99. The zero-order valence-corrected chi connectivity index (χ0v) is 11.8. The molecule has 0 spiro atoms. The van der Waals surface area contributed by atoms with E-state index in [1.165, 1.54) is 0 Å². The first-order chi connectivity index (χ1) is 9.72. The summed E-state index contributed by atoms with van der Waals surface area (Å²) in [5.74, 6) is 0.657. The second-order valence-corrected chi connectivity index (χ2v) is 4.49. The lowest BCUT2D eigenvalue weighted by Crippen LogP contribution is -2.25. The van der Waals surface area contributed by atoms with Gasteiger partial charge in [0.15, 0.2) is 0 Å². The molecule has 0 saturated carbocycles. The van der Waals surface area contributed by atoms with Crippen LogP contribution in [0.4, 0.5) is 5.69 Å². The zero-order chi connectivity index (χ0) is 14.4. The molecule has 0 atom stereocenters. The molecule has 20 heavy (non-hydrogen) atoms. The first-order valence-corrected chi connectivity index (χ1v) is 6.64. The highest BCUT2D eigenvalue weighted by Gasteiger charge is 2.11. The minimum absolute atomic E-state index is 0.153. The summed E-state index contributed by atoms with van der Waals surface area (Å²) in [6.07, 6.45) is 7.80. The van der Waals surface area contributed by atoms with Crippen LogP contribution < -0.4 is 10.6 Å². The van der Waals surface area contributed by atoms with Crippen molar-refractivity contribution in [1.82, 2.24) is 19.9 Å². The molecular formula is C14H19N5O. The molecule has 2 aromatic heterocycles. The van der Waals surface area contributed by atoms with Gasteiger partial charge in [0.1, 0.15) is 5.82 Å². The van der Waals surface area contributed by atoms with Crippen molar-refractivity contribution in [1.29, 1.82) is 0 Å². The van der Waals surface area contributed by atoms with Crippen LogP contribution in [0, 0.1) is 0 Å². The molecule has 0 fully saturated rings. The minimum Gasteiger partial charge on any atom is -0.384 e. The highest BCUT2D eigenvalue weighted by atomic mass is 16.1. The third-order valence-electron chi connectivity index (χ3n) is 2.96. The molecule has 1 amide bonds. The number of carbonyl (C=O) groups excluding carboxylic acids is 1. The average Bonchev–Trinajstić information content (AvgIpc) is 2.88. The van der Waals surface area contributed by atoms with Gasteiger partial charge >= 0.3 is 0 Å². The van der Waals surface area contributed by atoms with Gasteiger partial charge in [-0.15, -0.1) is 0 Å². The fourth-order valence-electron chi connectivity index (χ4n) is 1.81. The molecule has 0 aliphatic carbocycles. The fraction of sp³-hybridized carbons (Fsp3) is 0.357. The molecule has 0 unspecified atom stereocenters. The first-order valence-electron chi connectivity index (χ1n) is 6.64. The molecule has 2 heterocycles. The van der Waals surface area contributed by atoms with Crippen molar-refractivity contribution in [2.75, 3.05) is 11.9 Å². The maximum Gasteiger partial charge on any atom is 0.255 e. The Balaban J connectivity index is 2.03. The Morgan fingerprint density at radius 1 is 1.40 bits per heavy atom. The Bertz CT molecular complexity index is 578. The van der Waals surface area contributed by atoms with E-state index in [9.17, 15) is 4.79 Å². The standard InChI is InChI=1S/C14H19N5O/c1-3-5-16-12-4-6-15-9-11(12)14(20)18-10-13-17-7-8-19(13)2/h4,6-9H,3,5,10H2,1-2H3,(H,15,16)(H,18,20). The van der Waals surface area contributed by atoms with Crippen molar-refractivity contribution in [2.45, 2.75) is 19.9 Å². The summed E-state index contributed by atoms with van der Waals surface area (Å²) in [6, 6.07) is 1.81. The summed E-state index contributed by atoms with van der Waals surface area (Å²) in [6.45, 7) is 3.29. The van der Waals surface area contributed by atoms with Gasteiger partial charge < -0.3 is 15.2 Å².